The lowest BCUT2D eigenvalue weighted by atomic mass is 9.86. The average molecular weight is 285 g/mol. The van der Waals surface area contributed by atoms with E-state index in [9.17, 15) is 9.59 Å². The number of hydrogen-bond donors (Lipinski definition) is 1. The van der Waals surface area contributed by atoms with E-state index < -0.39 is 0 Å². The Hall–Kier alpha value is -0.550. The molecule has 1 amide bonds. The van der Waals surface area contributed by atoms with Crippen molar-refractivity contribution in [1.29, 1.82) is 0 Å². The van der Waals surface area contributed by atoms with Crippen LogP contribution >= 0.6 is 11.8 Å². The third kappa shape index (κ3) is 3.96. The van der Waals surface area contributed by atoms with Crippen molar-refractivity contribution in [3.05, 3.63) is 0 Å². The van der Waals surface area contributed by atoms with Crippen molar-refractivity contribution in [1.82, 2.24) is 4.90 Å². The van der Waals surface area contributed by atoms with Crippen LogP contribution in [0, 0.1) is 11.8 Å². The monoisotopic (exact) mass is 285 g/mol. The lowest BCUT2D eigenvalue weighted by molar-refractivity contribution is -0.130. The summed E-state index contributed by atoms with van der Waals surface area (Å²) in [5, 5.41) is 9.28. The summed E-state index contributed by atoms with van der Waals surface area (Å²) in [5.41, 5.74) is 0. The summed E-state index contributed by atoms with van der Waals surface area (Å²) in [7, 11) is 0. The van der Waals surface area contributed by atoms with Crippen molar-refractivity contribution in [3.8, 4) is 0 Å². The van der Waals surface area contributed by atoms with Gasteiger partial charge in [-0.15, -0.1) is 0 Å². The van der Waals surface area contributed by atoms with E-state index in [1.165, 1.54) is 11.8 Å². The molecular weight excluding hydrogens is 262 g/mol. The van der Waals surface area contributed by atoms with Gasteiger partial charge in [0.2, 0.25) is 5.91 Å². The standard InChI is InChI=1S/C14H23NO3S/c1-10(17)19-9-12-6-14(18)15(7-12)13-4-2-11(8-16)3-5-13/h11-13,16H,2-9H2,1H3. The van der Waals surface area contributed by atoms with Crippen molar-refractivity contribution in [2.75, 3.05) is 18.9 Å². The Morgan fingerprint density at radius 3 is 2.58 bits per heavy atom. The van der Waals surface area contributed by atoms with Gasteiger partial charge in [-0.1, -0.05) is 11.8 Å². The third-order valence-corrected chi connectivity index (χ3v) is 5.32. The minimum Gasteiger partial charge on any atom is -0.396 e. The molecule has 0 radical (unpaired) electrons. The molecule has 19 heavy (non-hydrogen) atoms. The largest absolute Gasteiger partial charge is 0.396 e. The second-order valence-electron chi connectivity index (χ2n) is 5.78. The molecule has 1 saturated heterocycles. The van der Waals surface area contributed by atoms with Crippen LogP contribution in [0.5, 0.6) is 0 Å². The maximum Gasteiger partial charge on any atom is 0.223 e. The molecule has 5 heteroatoms. The molecule has 1 heterocycles. The Kier molecular flexibility index (Phi) is 5.28. The lowest BCUT2D eigenvalue weighted by Crippen LogP contribution is -2.39. The molecule has 1 unspecified atom stereocenters. The van der Waals surface area contributed by atoms with E-state index in [4.69, 9.17) is 5.11 Å². The summed E-state index contributed by atoms with van der Waals surface area (Å²) in [4.78, 5) is 25.1. The zero-order valence-corrected chi connectivity index (χ0v) is 12.3. The van der Waals surface area contributed by atoms with E-state index in [-0.39, 0.29) is 17.6 Å². The summed E-state index contributed by atoms with van der Waals surface area (Å²) in [6.45, 7) is 2.67. The van der Waals surface area contributed by atoms with Gasteiger partial charge in [-0.2, -0.15) is 0 Å². The SMILES string of the molecule is CC(=O)SCC1CC(=O)N(C2CCC(CO)CC2)C1. The summed E-state index contributed by atoms with van der Waals surface area (Å²) in [6.07, 6.45) is 4.68. The van der Waals surface area contributed by atoms with Crippen molar-refractivity contribution in [2.45, 2.75) is 45.1 Å². The highest BCUT2D eigenvalue weighted by atomic mass is 32.2. The van der Waals surface area contributed by atoms with E-state index in [2.05, 4.69) is 0 Å². The number of likely N-dealkylation sites (tertiary alicyclic amines) is 1. The molecule has 1 N–H and O–H groups in total. The van der Waals surface area contributed by atoms with Gasteiger partial charge in [0.05, 0.1) is 0 Å². The van der Waals surface area contributed by atoms with Gasteiger partial charge in [-0.05, 0) is 37.5 Å². The highest BCUT2D eigenvalue weighted by Crippen LogP contribution is 2.32. The van der Waals surface area contributed by atoms with Crippen LogP contribution in [-0.4, -0.2) is 46.0 Å². The predicted molar refractivity (Wildman–Crippen MR) is 75.8 cm³/mol. The summed E-state index contributed by atoms with van der Waals surface area (Å²) in [6, 6.07) is 0.364. The number of rotatable bonds is 4. The molecule has 1 saturated carbocycles. The molecule has 0 aromatic heterocycles. The first kappa shape index (κ1) is 14.9. The fourth-order valence-corrected chi connectivity index (χ4v) is 3.84. The van der Waals surface area contributed by atoms with Gasteiger partial charge in [0.15, 0.2) is 5.12 Å². The van der Waals surface area contributed by atoms with E-state index >= 15 is 0 Å². The van der Waals surface area contributed by atoms with Crippen molar-refractivity contribution < 1.29 is 14.7 Å². The summed E-state index contributed by atoms with van der Waals surface area (Å²) >= 11 is 1.33. The summed E-state index contributed by atoms with van der Waals surface area (Å²) < 4.78 is 0. The Bertz CT molecular complexity index is 340. The minimum absolute atomic E-state index is 0.134. The Morgan fingerprint density at radius 2 is 2.00 bits per heavy atom. The average Bonchev–Trinajstić information content (AvgIpc) is 2.78. The van der Waals surface area contributed by atoms with Gasteiger partial charge in [0, 0.05) is 38.3 Å². The van der Waals surface area contributed by atoms with E-state index in [0.29, 0.717) is 24.3 Å². The van der Waals surface area contributed by atoms with Crippen LogP contribution in [0.1, 0.15) is 39.0 Å². The van der Waals surface area contributed by atoms with Crippen LogP contribution in [0.4, 0.5) is 0 Å². The molecule has 1 atom stereocenters. The number of aliphatic hydroxyl groups excluding tert-OH is 1. The van der Waals surface area contributed by atoms with E-state index in [0.717, 1.165) is 38.0 Å². The van der Waals surface area contributed by atoms with Crippen LogP contribution in [0.2, 0.25) is 0 Å². The highest BCUT2D eigenvalue weighted by molar-refractivity contribution is 8.13. The number of thioether (sulfide) groups is 1. The lowest BCUT2D eigenvalue weighted by Gasteiger charge is -2.34. The first-order valence-corrected chi connectivity index (χ1v) is 8.12. The van der Waals surface area contributed by atoms with Crippen molar-refractivity contribution in [3.63, 3.8) is 0 Å². The third-order valence-electron chi connectivity index (χ3n) is 4.28. The first-order valence-electron chi connectivity index (χ1n) is 7.13. The quantitative estimate of drug-likeness (QED) is 0.853. The highest BCUT2D eigenvalue weighted by Gasteiger charge is 2.35. The number of hydrogen-bond acceptors (Lipinski definition) is 4. The van der Waals surface area contributed by atoms with Crippen molar-refractivity contribution >= 4 is 22.8 Å². The molecule has 0 spiro atoms. The fourth-order valence-electron chi connectivity index (χ4n) is 3.15. The molecule has 1 aliphatic carbocycles. The van der Waals surface area contributed by atoms with Crippen molar-refractivity contribution in [2.24, 2.45) is 11.8 Å². The first-order chi connectivity index (χ1) is 9.10. The molecule has 0 bridgehead atoms. The minimum atomic E-state index is 0.134. The second kappa shape index (κ2) is 6.75. The maximum atomic E-state index is 12.1. The molecule has 1 aliphatic heterocycles. The van der Waals surface area contributed by atoms with Crippen LogP contribution in [-0.2, 0) is 9.59 Å². The van der Waals surface area contributed by atoms with E-state index in [1.54, 1.807) is 6.92 Å². The molecular formula is C14H23NO3S. The van der Waals surface area contributed by atoms with Crippen LogP contribution in [0.15, 0.2) is 0 Å². The Balaban J connectivity index is 1.81. The van der Waals surface area contributed by atoms with E-state index in [1.807, 2.05) is 4.90 Å². The topological polar surface area (TPSA) is 57.6 Å². The fraction of sp³-hybridized carbons (Fsp3) is 0.857. The number of amides is 1. The van der Waals surface area contributed by atoms with Gasteiger partial charge in [-0.3, -0.25) is 9.59 Å². The zero-order chi connectivity index (χ0) is 13.8. The number of aliphatic hydroxyl groups is 1. The molecule has 4 nitrogen and oxygen atoms in total. The molecule has 2 rings (SSSR count). The predicted octanol–water partition coefficient (Wildman–Crippen LogP) is 1.67. The van der Waals surface area contributed by atoms with Gasteiger partial charge in [-0.25, -0.2) is 0 Å². The molecule has 0 aromatic rings. The van der Waals surface area contributed by atoms with Gasteiger partial charge in [0.1, 0.15) is 0 Å². The van der Waals surface area contributed by atoms with Crippen LogP contribution in [0.3, 0.4) is 0 Å². The van der Waals surface area contributed by atoms with Gasteiger partial charge in [0.25, 0.3) is 0 Å². The molecule has 108 valence electrons. The van der Waals surface area contributed by atoms with Crippen LogP contribution in [0.25, 0.3) is 0 Å². The second-order valence-corrected chi connectivity index (χ2v) is 6.97. The number of carbonyl (C=O) groups is 2. The number of carbonyl (C=O) groups excluding carboxylic acids is 2. The molecule has 2 aliphatic rings. The normalized spacial score (nSPS) is 31.8. The van der Waals surface area contributed by atoms with Gasteiger partial charge < -0.3 is 10.0 Å². The Morgan fingerprint density at radius 1 is 1.32 bits per heavy atom. The van der Waals surface area contributed by atoms with Crippen LogP contribution < -0.4 is 0 Å². The maximum absolute atomic E-state index is 12.1. The molecule has 2 fully saturated rings. The van der Waals surface area contributed by atoms with Gasteiger partial charge >= 0.3 is 0 Å². The zero-order valence-electron chi connectivity index (χ0n) is 11.5. The smallest absolute Gasteiger partial charge is 0.223 e. The summed E-state index contributed by atoms with van der Waals surface area (Å²) in [5.74, 6) is 1.78. The number of nitrogens with zero attached hydrogens (tertiary/aromatic N) is 1. The Labute approximate surface area is 118 Å². The molecule has 0 aromatic carbocycles.